The van der Waals surface area contributed by atoms with Crippen LogP contribution in [0.5, 0.6) is 0 Å². The molecule has 1 atom stereocenters. The fourth-order valence-corrected chi connectivity index (χ4v) is 4.03. The molecule has 2 saturated carbocycles. The summed E-state index contributed by atoms with van der Waals surface area (Å²) < 4.78 is 5.49. The molecule has 23 heavy (non-hydrogen) atoms. The third-order valence-electron chi connectivity index (χ3n) is 5.62. The van der Waals surface area contributed by atoms with E-state index in [0.717, 1.165) is 25.7 Å². The van der Waals surface area contributed by atoms with Crippen molar-refractivity contribution >= 4 is 6.09 Å². The monoisotopic (exact) mass is 324 g/mol. The van der Waals surface area contributed by atoms with Crippen LogP contribution in [0, 0.1) is 5.41 Å². The van der Waals surface area contributed by atoms with Gasteiger partial charge in [-0.1, -0.05) is 20.3 Å². The molecule has 134 valence electrons. The lowest BCUT2D eigenvalue weighted by Gasteiger charge is -2.38. The maximum atomic E-state index is 12.2. The first-order chi connectivity index (χ1) is 10.6. The van der Waals surface area contributed by atoms with Gasteiger partial charge in [-0.2, -0.15) is 0 Å². The van der Waals surface area contributed by atoms with Crippen molar-refractivity contribution in [2.24, 2.45) is 5.41 Å². The minimum Gasteiger partial charge on any atom is -0.444 e. The number of carbonyl (C=O) groups excluding carboxylic acids is 1. The van der Waals surface area contributed by atoms with Crippen LogP contribution >= 0.6 is 0 Å². The van der Waals surface area contributed by atoms with E-state index in [1.807, 2.05) is 27.8 Å². The van der Waals surface area contributed by atoms with Crippen molar-refractivity contribution in [3.63, 3.8) is 0 Å². The fraction of sp³-hybridized carbons (Fsp3) is 0.947. The molecular formula is C19H36N2O2. The van der Waals surface area contributed by atoms with E-state index in [1.54, 1.807) is 4.90 Å². The highest BCUT2D eigenvalue weighted by molar-refractivity contribution is 5.68. The van der Waals surface area contributed by atoms with Crippen molar-refractivity contribution in [3.8, 4) is 0 Å². The molecule has 2 aliphatic carbocycles. The zero-order valence-electron chi connectivity index (χ0n) is 15.9. The molecule has 0 aliphatic heterocycles. The van der Waals surface area contributed by atoms with E-state index in [1.165, 1.54) is 19.3 Å². The Morgan fingerprint density at radius 1 is 1.13 bits per heavy atom. The number of rotatable bonds is 3. The van der Waals surface area contributed by atoms with Crippen LogP contribution in [-0.4, -0.2) is 41.8 Å². The van der Waals surface area contributed by atoms with E-state index in [2.05, 4.69) is 19.2 Å². The summed E-state index contributed by atoms with van der Waals surface area (Å²) in [6.45, 7) is 10.5. The van der Waals surface area contributed by atoms with Gasteiger partial charge in [-0.15, -0.1) is 0 Å². The van der Waals surface area contributed by atoms with Crippen molar-refractivity contribution < 1.29 is 9.53 Å². The molecule has 2 rings (SSSR count). The average molecular weight is 325 g/mol. The van der Waals surface area contributed by atoms with Crippen LogP contribution in [0.1, 0.15) is 79.6 Å². The van der Waals surface area contributed by atoms with Crippen LogP contribution in [0.2, 0.25) is 0 Å². The van der Waals surface area contributed by atoms with Gasteiger partial charge in [-0.25, -0.2) is 4.79 Å². The second-order valence-electron chi connectivity index (χ2n) is 9.20. The van der Waals surface area contributed by atoms with Crippen molar-refractivity contribution in [2.45, 2.75) is 103 Å². The first-order valence-corrected chi connectivity index (χ1v) is 9.30. The van der Waals surface area contributed by atoms with Gasteiger partial charge in [0.05, 0.1) is 0 Å². The van der Waals surface area contributed by atoms with E-state index >= 15 is 0 Å². The molecule has 2 aliphatic rings. The standard InChI is InChI=1S/C19H36N2O2/c1-18(2,3)23-17(22)21(6)15-11-9-14(10-12-15)20-16-8-7-13-19(16,4)5/h14-16,20H,7-13H2,1-6H3. The summed E-state index contributed by atoms with van der Waals surface area (Å²) in [6.07, 6.45) is 8.26. The Hall–Kier alpha value is -0.770. The first-order valence-electron chi connectivity index (χ1n) is 9.30. The SMILES string of the molecule is CN(C(=O)OC(C)(C)C)C1CCC(NC2CCCC2(C)C)CC1. The molecular weight excluding hydrogens is 288 g/mol. The highest BCUT2D eigenvalue weighted by atomic mass is 16.6. The van der Waals surface area contributed by atoms with Crippen LogP contribution in [0.25, 0.3) is 0 Å². The third-order valence-corrected chi connectivity index (χ3v) is 5.62. The molecule has 0 aromatic rings. The lowest BCUT2D eigenvalue weighted by molar-refractivity contribution is 0.0176. The van der Waals surface area contributed by atoms with Gasteiger partial charge < -0.3 is 15.0 Å². The lowest BCUT2D eigenvalue weighted by atomic mass is 9.84. The molecule has 2 fully saturated rings. The summed E-state index contributed by atoms with van der Waals surface area (Å²) in [5.41, 5.74) is 0.0162. The van der Waals surface area contributed by atoms with Crippen molar-refractivity contribution in [1.82, 2.24) is 10.2 Å². The highest BCUT2D eigenvalue weighted by Gasteiger charge is 2.37. The molecule has 0 aromatic carbocycles. The van der Waals surface area contributed by atoms with E-state index in [4.69, 9.17) is 4.74 Å². The Balaban J connectivity index is 1.78. The molecule has 0 heterocycles. The number of nitrogens with zero attached hydrogens (tertiary/aromatic N) is 1. The van der Waals surface area contributed by atoms with Gasteiger partial charge in [-0.3, -0.25) is 0 Å². The van der Waals surface area contributed by atoms with Crippen LogP contribution in [0.15, 0.2) is 0 Å². The van der Waals surface area contributed by atoms with Gasteiger partial charge in [0.15, 0.2) is 0 Å². The molecule has 0 saturated heterocycles. The Labute approximate surface area is 142 Å². The predicted octanol–water partition coefficient (Wildman–Crippen LogP) is 4.33. The third kappa shape index (κ3) is 5.10. The van der Waals surface area contributed by atoms with Gasteiger partial charge in [0.2, 0.25) is 0 Å². The van der Waals surface area contributed by atoms with E-state index in [-0.39, 0.29) is 6.09 Å². The molecule has 0 spiro atoms. The van der Waals surface area contributed by atoms with Gasteiger partial charge >= 0.3 is 6.09 Å². The summed E-state index contributed by atoms with van der Waals surface area (Å²) in [7, 11) is 1.88. The Kier molecular flexibility index (Phi) is 5.65. The average Bonchev–Trinajstić information content (AvgIpc) is 2.76. The predicted molar refractivity (Wildman–Crippen MR) is 94.6 cm³/mol. The Bertz CT molecular complexity index is 406. The molecule has 0 radical (unpaired) electrons. The summed E-state index contributed by atoms with van der Waals surface area (Å²) in [4.78, 5) is 14.0. The molecule has 1 N–H and O–H groups in total. The molecule has 0 bridgehead atoms. The van der Waals surface area contributed by atoms with Gasteiger partial charge in [-0.05, 0) is 64.7 Å². The lowest BCUT2D eigenvalue weighted by Crippen LogP contribution is -2.48. The quantitative estimate of drug-likeness (QED) is 0.840. The topological polar surface area (TPSA) is 41.6 Å². The Morgan fingerprint density at radius 2 is 1.74 bits per heavy atom. The maximum Gasteiger partial charge on any atom is 0.410 e. The summed E-state index contributed by atoms with van der Waals surface area (Å²) in [6, 6.07) is 1.59. The highest BCUT2D eigenvalue weighted by Crippen LogP contribution is 2.38. The fourth-order valence-electron chi connectivity index (χ4n) is 4.03. The van der Waals surface area contributed by atoms with Crippen LogP contribution < -0.4 is 5.32 Å². The molecule has 4 heteroatoms. The number of ether oxygens (including phenoxy) is 1. The van der Waals surface area contributed by atoms with Gasteiger partial charge in [0.25, 0.3) is 0 Å². The first kappa shape index (κ1) is 18.6. The van der Waals surface area contributed by atoms with E-state index < -0.39 is 5.60 Å². The van der Waals surface area contributed by atoms with Crippen LogP contribution in [0.4, 0.5) is 4.79 Å². The number of hydrogen-bond donors (Lipinski definition) is 1. The number of hydrogen-bond acceptors (Lipinski definition) is 3. The maximum absolute atomic E-state index is 12.2. The minimum atomic E-state index is -0.418. The van der Waals surface area contributed by atoms with Crippen molar-refractivity contribution in [3.05, 3.63) is 0 Å². The zero-order valence-corrected chi connectivity index (χ0v) is 15.9. The van der Waals surface area contributed by atoms with Crippen LogP contribution in [-0.2, 0) is 4.74 Å². The van der Waals surface area contributed by atoms with E-state index in [0.29, 0.717) is 23.5 Å². The second kappa shape index (κ2) is 7.00. The zero-order chi connectivity index (χ0) is 17.3. The molecule has 1 unspecified atom stereocenters. The van der Waals surface area contributed by atoms with E-state index in [9.17, 15) is 4.79 Å². The number of carbonyl (C=O) groups is 1. The second-order valence-corrected chi connectivity index (χ2v) is 9.20. The molecule has 4 nitrogen and oxygen atoms in total. The minimum absolute atomic E-state index is 0.189. The summed E-state index contributed by atoms with van der Waals surface area (Å²) >= 11 is 0. The molecule has 1 amide bonds. The molecule has 0 aromatic heterocycles. The normalized spacial score (nSPS) is 31.0. The largest absolute Gasteiger partial charge is 0.444 e. The summed E-state index contributed by atoms with van der Waals surface area (Å²) in [5.74, 6) is 0. The van der Waals surface area contributed by atoms with Gasteiger partial charge in [0, 0.05) is 25.2 Å². The van der Waals surface area contributed by atoms with Crippen molar-refractivity contribution in [2.75, 3.05) is 7.05 Å². The van der Waals surface area contributed by atoms with Crippen LogP contribution in [0.3, 0.4) is 0 Å². The number of amides is 1. The summed E-state index contributed by atoms with van der Waals surface area (Å²) in [5, 5.41) is 3.90. The Morgan fingerprint density at radius 3 is 2.22 bits per heavy atom. The van der Waals surface area contributed by atoms with Gasteiger partial charge in [0.1, 0.15) is 5.60 Å². The number of nitrogens with one attached hydrogen (secondary N) is 1. The van der Waals surface area contributed by atoms with Crippen molar-refractivity contribution in [1.29, 1.82) is 0 Å². The smallest absolute Gasteiger partial charge is 0.410 e.